The Bertz CT molecular complexity index is 312. The summed E-state index contributed by atoms with van der Waals surface area (Å²) >= 11 is 0. The lowest BCUT2D eigenvalue weighted by atomic mass is 10.0. The van der Waals surface area contributed by atoms with E-state index in [1.54, 1.807) is 0 Å². The van der Waals surface area contributed by atoms with Crippen LogP contribution >= 0.6 is 0 Å². The predicted molar refractivity (Wildman–Crippen MR) is 52.8 cm³/mol. The van der Waals surface area contributed by atoms with Crippen molar-refractivity contribution < 1.29 is 9.90 Å². The molecule has 0 aromatic heterocycles. The average Bonchev–Trinajstić information content (AvgIpc) is 2.61. The largest absolute Gasteiger partial charge is 0.391 e. The maximum Gasteiger partial charge on any atom is 0.139 e. The molecule has 1 heterocycles. The molecule has 0 saturated carbocycles. The lowest BCUT2D eigenvalue weighted by Gasteiger charge is -2.10. The summed E-state index contributed by atoms with van der Waals surface area (Å²) in [6, 6.07) is 9.54. The van der Waals surface area contributed by atoms with Gasteiger partial charge < -0.3 is 9.90 Å². The monoisotopic (exact) mass is 191 g/mol. The smallest absolute Gasteiger partial charge is 0.139 e. The number of aldehydes is 1. The maximum atomic E-state index is 10.6. The molecule has 1 aliphatic heterocycles. The van der Waals surface area contributed by atoms with Crippen LogP contribution in [0.3, 0.4) is 0 Å². The van der Waals surface area contributed by atoms with Gasteiger partial charge in [-0.05, 0) is 12.0 Å². The van der Waals surface area contributed by atoms with Crippen molar-refractivity contribution in [1.29, 1.82) is 0 Å². The first-order valence-corrected chi connectivity index (χ1v) is 4.75. The maximum absolute atomic E-state index is 10.6. The van der Waals surface area contributed by atoms with Crippen LogP contribution in [0.25, 0.3) is 0 Å². The second-order valence-corrected chi connectivity index (χ2v) is 3.59. The van der Waals surface area contributed by atoms with Gasteiger partial charge in [0.1, 0.15) is 6.29 Å². The van der Waals surface area contributed by atoms with Crippen LogP contribution in [0, 0.1) is 0 Å². The van der Waals surface area contributed by atoms with Crippen LogP contribution in [0.15, 0.2) is 30.3 Å². The third-order valence-corrected chi connectivity index (χ3v) is 2.63. The predicted octanol–water partition coefficient (Wildman–Crippen LogP) is 0.649. The number of benzene rings is 1. The normalized spacial score (nSPS) is 31.6. The molecule has 1 aromatic carbocycles. The Morgan fingerprint density at radius 3 is 2.64 bits per heavy atom. The van der Waals surface area contributed by atoms with E-state index in [1.165, 1.54) is 0 Å². The van der Waals surface area contributed by atoms with Gasteiger partial charge in [-0.2, -0.15) is 0 Å². The van der Waals surface area contributed by atoms with Gasteiger partial charge in [0.2, 0.25) is 0 Å². The van der Waals surface area contributed by atoms with Crippen LogP contribution in [0.5, 0.6) is 0 Å². The third kappa shape index (κ3) is 1.69. The minimum absolute atomic E-state index is 0.0985. The van der Waals surface area contributed by atoms with Crippen molar-refractivity contribution >= 4 is 6.29 Å². The lowest BCUT2D eigenvalue weighted by Crippen LogP contribution is -2.32. The Balaban J connectivity index is 2.12. The second kappa shape index (κ2) is 3.90. The van der Waals surface area contributed by atoms with Crippen LogP contribution in [0.1, 0.15) is 18.0 Å². The van der Waals surface area contributed by atoms with Gasteiger partial charge in [0.25, 0.3) is 0 Å². The SMILES string of the molecule is O=CC1NC(c2ccccc2)CC1O. The minimum Gasteiger partial charge on any atom is -0.391 e. The molecule has 2 rings (SSSR count). The summed E-state index contributed by atoms with van der Waals surface area (Å²) < 4.78 is 0. The van der Waals surface area contributed by atoms with Crippen LogP contribution in [-0.4, -0.2) is 23.5 Å². The fourth-order valence-corrected chi connectivity index (χ4v) is 1.85. The molecular formula is C11H13NO2. The molecule has 3 heteroatoms. The van der Waals surface area contributed by atoms with Crippen molar-refractivity contribution in [2.24, 2.45) is 0 Å². The van der Waals surface area contributed by atoms with Crippen molar-refractivity contribution in [2.75, 3.05) is 0 Å². The Morgan fingerprint density at radius 2 is 2.07 bits per heavy atom. The van der Waals surface area contributed by atoms with Gasteiger partial charge in [0, 0.05) is 6.04 Å². The number of hydrogen-bond acceptors (Lipinski definition) is 3. The van der Waals surface area contributed by atoms with E-state index in [1.807, 2.05) is 30.3 Å². The van der Waals surface area contributed by atoms with Crippen molar-refractivity contribution in [2.45, 2.75) is 24.6 Å². The quantitative estimate of drug-likeness (QED) is 0.675. The zero-order valence-electron chi connectivity index (χ0n) is 7.76. The second-order valence-electron chi connectivity index (χ2n) is 3.59. The summed E-state index contributed by atoms with van der Waals surface area (Å²) in [7, 11) is 0. The number of aliphatic hydroxyl groups excluding tert-OH is 1. The van der Waals surface area contributed by atoms with E-state index in [-0.39, 0.29) is 6.04 Å². The topological polar surface area (TPSA) is 49.3 Å². The lowest BCUT2D eigenvalue weighted by molar-refractivity contribution is -0.111. The molecule has 0 radical (unpaired) electrons. The van der Waals surface area contributed by atoms with E-state index >= 15 is 0 Å². The molecule has 3 unspecified atom stereocenters. The fourth-order valence-electron chi connectivity index (χ4n) is 1.85. The van der Waals surface area contributed by atoms with Gasteiger partial charge >= 0.3 is 0 Å². The van der Waals surface area contributed by atoms with Crippen LogP contribution in [-0.2, 0) is 4.79 Å². The van der Waals surface area contributed by atoms with Crippen LogP contribution in [0.2, 0.25) is 0 Å². The molecule has 2 N–H and O–H groups in total. The molecule has 1 aromatic rings. The summed E-state index contributed by atoms with van der Waals surface area (Å²) in [5.74, 6) is 0. The highest BCUT2D eigenvalue weighted by molar-refractivity contribution is 5.59. The average molecular weight is 191 g/mol. The van der Waals surface area contributed by atoms with E-state index in [4.69, 9.17) is 0 Å². The highest BCUT2D eigenvalue weighted by atomic mass is 16.3. The zero-order valence-corrected chi connectivity index (χ0v) is 7.76. The number of aliphatic hydroxyl groups is 1. The Morgan fingerprint density at radius 1 is 1.36 bits per heavy atom. The summed E-state index contributed by atoms with van der Waals surface area (Å²) in [4.78, 5) is 10.6. The standard InChI is InChI=1S/C11H13NO2/c13-7-10-11(14)6-9(12-10)8-4-2-1-3-5-8/h1-5,7,9-12,14H,6H2. The van der Waals surface area contributed by atoms with Crippen molar-refractivity contribution in [3.63, 3.8) is 0 Å². The van der Waals surface area contributed by atoms with Gasteiger partial charge in [-0.15, -0.1) is 0 Å². The Labute approximate surface area is 82.8 Å². The number of carbonyl (C=O) groups excluding carboxylic acids is 1. The van der Waals surface area contributed by atoms with Crippen molar-refractivity contribution in [1.82, 2.24) is 5.32 Å². The molecule has 0 bridgehead atoms. The summed E-state index contributed by atoms with van der Waals surface area (Å²) in [5, 5.41) is 12.6. The minimum atomic E-state index is -0.558. The van der Waals surface area contributed by atoms with Crippen molar-refractivity contribution in [3.8, 4) is 0 Å². The van der Waals surface area contributed by atoms with Crippen LogP contribution < -0.4 is 5.32 Å². The number of hydrogen-bond donors (Lipinski definition) is 2. The van der Waals surface area contributed by atoms with Gasteiger partial charge in [0.05, 0.1) is 12.1 Å². The van der Waals surface area contributed by atoms with Gasteiger partial charge in [-0.25, -0.2) is 0 Å². The number of rotatable bonds is 2. The molecule has 1 saturated heterocycles. The van der Waals surface area contributed by atoms with Gasteiger partial charge in [0.15, 0.2) is 0 Å². The molecule has 1 fully saturated rings. The molecule has 0 aliphatic carbocycles. The zero-order chi connectivity index (χ0) is 9.97. The first kappa shape index (κ1) is 9.37. The molecule has 0 amide bonds. The Kier molecular flexibility index (Phi) is 2.61. The Hall–Kier alpha value is -1.19. The van der Waals surface area contributed by atoms with Crippen molar-refractivity contribution in [3.05, 3.63) is 35.9 Å². The first-order chi connectivity index (χ1) is 6.81. The van der Waals surface area contributed by atoms with E-state index < -0.39 is 12.1 Å². The molecule has 3 nitrogen and oxygen atoms in total. The number of carbonyl (C=O) groups is 1. The molecule has 1 aliphatic rings. The number of nitrogens with one attached hydrogen (secondary N) is 1. The molecule has 0 spiro atoms. The highest BCUT2D eigenvalue weighted by Crippen LogP contribution is 2.25. The van der Waals surface area contributed by atoms with E-state index in [0.717, 1.165) is 11.8 Å². The van der Waals surface area contributed by atoms with Crippen LogP contribution in [0.4, 0.5) is 0 Å². The molecule has 74 valence electrons. The molecule has 3 atom stereocenters. The highest BCUT2D eigenvalue weighted by Gasteiger charge is 2.32. The summed E-state index contributed by atoms with van der Waals surface area (Å²) in [5.41, 5.74) is 1.12. The van der Waals surface area contributed by atoms with E-state index in [2.05, 4.69) is 5.32 Å². The molecule has 14 heavy (non-hydrogen) atoms. The summed E-state index contributed by atoms with van der Waals surface area (Å²) in [6.07, 6.45) is 0.818. The van der Waals surface area contributed by atoms with E-state index in [9.17, 15) is 9.90 Å². The first-order valence-electron chi connectivity index (χ1n) is 4.75. The van der Waals surface area contributed by atoms with E-state index in [0.29, 0.717) is 6.42 Å². The fraction of sp³-hybridized carbons (Fsp3) is 0.364. The van der Waals surface area contributed by atoms with Gasteiger partial charge in [-0.1, -0.05) is 30.3 Å². The third-order valence-electron chi connectivity index (χ3n) is 2.63. The van der Waals surface area contributed by atoms with Gasteiger partial charge in [-0.3, -0.25) is 5.32 Å². The summed E-state index contributed by atoms with van der Waals surface area (Å²) in [6.45, 7) is 0. The molecular weight excluding hydrogens is 178 g/mol.